The molecule has 0 amide bonds. The van der Waals surface area contributed by atoms with Crippen LogP contribution in [0.25, 0.3) is 87.6 Å². The van der Waals surface area contributed by atoms with Gasteiger partial charge in [0.1, 0.15) is 11.5 Å². The standard InChI is InChI=1S/C68H52N2O2/c71-67-55(39-51-31-15-19-35-59(51)63(67)61-41-53(45-21-5-1-6-22-45)37-49-29-13-17-33-57(49)61)43-69-65(47-25-9-3-10-26-47)66(48-27-11-4-12-28-48)70-44-56-40-52-32-16-20-36-60(52)64(68(56)72)62-42-54(46-23-7-2-8-24-46)38-50-30-14-18-34-58(50)62/h1-42,65-66,69-72H,43-44H2/t65-,66-/m0/s1. The number of fused-ring (bicyclic) bond motifs is 4. The summed E-state index contributed by atoms with van der Waals surface area (Å²) in [5, 5.41) is 41.9. The zero-order valence-electron chi connectivity index (χ0n) is 39.7. The smallest absolute Gasteiger partial charge is 0.128 e. The summed E-state index contributed by atoms with van der Waals surface area (Å²) in [6.07, 6.45) is 0. The summed E-state index contributed by atoms with van der Waals surface area (Å²) in [5.41, 5.74) is 11.8. The van der Waals surface area contributed by atoms with Crippen molar-refractivity contribution in [3.63, 3.8) is 0 Å². The molecule has 72 heavy (non-hydrogen) atoms. The van der Waals surface area contributed by atoms with Crippen LogP contribution >= 0.6 is 0 Å². The van der Waals surface area contributed by atoms with Crippen molar-refractivity contribution in [2.24, 2.45) is 0 Å². The summed E-state index contributed by atoms with van der Waals surface area (Å²) in [5.74, 6) is 0.509. The monoisotopic (exact) mass is 928 g/mol. The maximum Gasteiger partial charge on any atom is 0.128 e. The first-order valence-electron chi connectivity index (χ1n) is 24.8. The van der Waals surface area contributed by atoms with Gasteiger partial charge in [0.05, 0.1) is 12.1 Å². The van der Waals surface area contributed by atoms with Crippen LogP contribution in [0.15, 0.2) is 255 Å². The van der Waals surface area contributed by atoms with Crippen LogP contribution in [0.5, 0.6) is 11.5 Å². The quantitative estimate of drug-likeness (QED) is 0.0930. The maximum atomic E-state index is 12.8. The second kappa shape index (κ2) is 19.5. The van der Waals surface area contributed by atoms with Gasteiger partial charge in [-0.15, -0.1) is 0 Å². The van der Waals surface area contributed by atoms with E-state index in [2.05, 4.69) is 229 Å². The van der Waals surface area contributed by atoms with Gasteiger partial charge in [-0.25, -0.2) is 0 Å². The molecule has 0 heterocycles. The van der Waals surface area contributed by atoms with E-state index in [-0.39, 0.29) is 23.6 Å². The van der Waals surface area contributed by atoms with Crippen LogP contribution < -0.4 is 10.6 Å². The summed E-state index contributed by atoms with van der Waals surface area (Å²) in [4.78, 5) is 0. The molecule has 0 radical (unpaired) electrons. The second-order valence-electron chi connectivity index (χ2n) is 18.7. The minimum atomic E-state index is -0.265. The van der Waals surface area contributed by atoms with Crippen LogP contribution in [-0.2, 0) is 13.1 Å². The van der Waals surface area contributed by atoms with Gasteiger partial charge < -0.3 is 20.8 Å². The van der Waals surface area contributed by atoms with E-state index in [0.29, 0.717) is 13.1 Å². The first kappa shape index (κ1) is 44.4. The lowest BCUT2D eigenvalue weighted by molar-refractivity contribution is 0.373. The molecule has 0 saturated heterocycles. The zero-order chi connectivity index (χ0) is 48.4. The van der Waals surface area contributed by atoms with Crippen molar-refractivity contribution < 1.29 is 10.2 Å². The SMILES string of the molecule is Oc1c(CN[C@@H](c2ccccc2)[C@@H](NCc2cc3ccccc3c(-c3cc(-c4ccccc4)cc4ccccc34)c2O)c2ccccc2)cc2ccccc2c1-c1cc(-c2ccccc2)cc2ccccc12. The molecule has 12 rings (SSSR count). The van der Waals surface area contributed by atoms with Crippen LogP contribution in [0.4, 0.5) is 0 Å². The number of rotatable bonds is 13. The summed E-state index contributed by atoms with van der Waals surface area (Å²) in [6, 6.07) is 88.3. The Kier molecular flexibility index (Phi) is 12.1. The minimum absolute atomic E-state index is 0.255. The van der Waals surface area contributed by atoms with Gasteiger partial charge in [-0.1, -0.05) is 218 Å². The van der Waals surface area contributed by atoms with E-state index in [0.717, 1.165) is 110 Å². The van der Waals surface area contributed by atoms with Crippen LogP contribution in [-0.4, -0.2) is 10.2 Å². The lowest BCUT2D eigenvalue weighted by Crippen LogP contribution is -2.35. The molecule has 0 saturated carbocycles. The Morgan fingerprint density at radius 1 is 0.292 bits per heavy atom. The molecule has 4 N–H and O–H groups in total. The molecule has 4 nitrogen and oxygen atoms in total. The van der Waals surface area contributed by atoms with Gasteiger partial charge in [0, 0.05) is 35.3 Å². The molecule has 12 aromatic carbocycles. The van der Waals surface area contributed by atoms with Gasteiger partial charge in [0.2, 0.25) is 0 Å². The topological polar surface area (TPSA) is 64.5 Å². The Morgan fingerprint density at radius 3 is 0.972 bits per heavy atom. The highest BCUT2D eigenvalue weighted by Crippen LogP contribution is 2.46. The van der Waals surface area contributed by atoms with E-state index in [4.69, 9.17) is 0 Å². The molecular formula is C68H52N2O2. The van der Waals surface area contributed by atoms with Gasteiger partial charge in [-0.2, -0.15) is 0 Å². The number of nitrogens with one attached hydrogen (secondary N) is 2. The second-order valence-corrected chi connectivity index (χ2v) is 18.7. The van der Waals surface area contributed by atoms with Gasteiger partial charge in [0.25, 0.3) is 0 Å². The molecular weight excluding hydrogens is 877 g/mol. The highest BCUT2D eigenvalue weighted by atomic mass is 16.3. The minimum Gasteiger partial charge on any atom is -0.507 e. The Labute approximate surface area is 420 Å². The molecule has 0 unspecified atom stereocenters. The summed E-state index contributed by atoms with van der Waals surface area (Å²) in [7, 11) is 0. The van der Waals surface area contributed by atoms with Crippen LogP contribution in [0.1, 0.15) is 34.3 Å². The summed E-state index contributed by atoms with van der Waals surface area (Å²) < 4.78 is 0. The molecule has 346 valence electrons. The molecule has 2 atom stereocenters. The van der Waals surface area contributed by atoms with Crippen molar-refractivity contribution >= 4 is 43.1 Å². The highest BCUT2D eigenvalue weighted by molar-refractivity contribution is 6.11. The van der Waals surface area contributed by atoms with Gasteiger partial charge in [0.15, 0.2) is 0 Å². The highest BCUT2D eigenvalue weighted by Gasteiger charge is 2.27. The normalized spacial score (nSPS) is 12.4. The molecule has 4 heteroatoms. The van der Waals surface area contributed by atoms with Crippen molar-refractivity contribution in [2.45, 2.75) is 25.2 Å². The van der Waals surface area contributed by atoms with Gasteiger partial charge >= 0.3 is 0 Å². The average Bonchev–Trinajstić information content (AvgIpc) is 3.44. The lowest BCUT2D eigenvalue weighted by Gasteiger charge is -2.31. The van der Waals surface area contributed by atoms with Crippen molar-refractivity contribution in [1.82, 2.24) is 10.6 Å². The molecule has 0 aliphatic heterocycles. The fourth-order valence-electron chi connectivity index (χ4n) is 10.9. The van der Waals surface area contributed by atoms with Crippen molar-refractivity contribution in [1.29, 1.82) is 0 Å². The zero-order valence-corrected chi connectivity index (χ0v) is 39.7. The van der Waals surface area contributed by atoms with Crippen molar-refractivity contribution in [3.05, 3.63) is 277 Å². The van der Waals surface area contributed by atoms with E-state index in [1.165, 1.54) is 0 Å². The number of aromatic hydroxyl groups is 2. The van der Waals surface area contributed by atoms with E-state index in [1.54, 1.807) is 0 Å². The fourth-order valence-corrected chi connectivity index (χ4v) is 10.9. The van der Waals surface area contributed by atoms with Gasteiger partial charge in [-0.3, -0.25) is 0 Å². The van der Waals surface area contributed by atoms with E-state index < -0.39 is 0 Å². The number of phenolic OH excluding ortho intramolecular Hbond substituents is 2. The number of hydrogen-bond donors (Lipinski definition) is 4. The molecule has 0 aromatic heterocycles. The third kappa shape index (κ3) is 8.54. The Balaban J connectivity index is 0.954. The largest absolute Gasteiger partial charge is 0.507 e. The van der Waals surface area contributed by atoms with Gasteiger partial charge in [-0.05, 0) is 124 Å². The number of hydrogen-bond acceptors (Lipinski definition) is 4. The molecule has 0 aliphatic rings. The summed E-state index contributed by atoms with van der Waals surface area (Å²) in [6.45, 7) is 0.751. The van der Waals surface area contributed by atoms with Crippen molar-refractivity contribution in [2.75, 3.05) is 0 Å². The molecule has 0 fully saturated rings. The molecule has 12 aromatic rings. The Morgan fingerprint density at radius 2 is 0.597 bits per heavy atom. The van der Waals surface area contributed by atoms with E-state index in [1.807, 2.05) is 36.4 Å². The lowest BCUT2D eigenvalue weighted by atomic mass is 9.88. The molecule has 0 aliphatic carbocycles. The maximum absolute atomic E-state index is 12.8. The first-order valence-corrected chi connectivity index (χ1v) is 24.8. The van der Waals surface area contributed by atoms with E-state index >= 15 is 0 Å². The Hall–Kier alpha value is -8.80. The third-order valence-electron chi connectivity index (χ3n) is 14.4. The fraction of sp³-hybridized carbons (Fsp3) is 0.0588. The third-order valence-corrected chi connectivity index (χ3v) is 14.4. The van der Waals surface area contributed by atoms with Crippen molar-refractivity contribution in [3.8, 4) is 56.0 Å². The summed E-state index contributed by atoms with van der Waals surface area (Å²) >= 11 is 0. The number of phenols is 2. The van der Waals surface area contributed by atoms with E-state index in [9.17, 15) is 10.2 Å². The van der Waals surface area contributed by atoms with Crippen LogP contribution in [0, 0.1) is 0 Å². The first-order chi connectivity index (χ1) is 35.6. The predicted molar refractivity (Wildman–Crippen MR) is 300 cm³/mol. The van der Waals surface area contributed by atoms with Crippen LogP contribution in [0.3, 0.4) is 0 Å². The number of benzene rings is 12. The van der Waals surface area contributed by atoms with Crippen LogP contribution in [0.2, 0.25) is 0 Å². The Bertz CT molecular complexity index is 3640. The molecule has 0 spiro atoms. The molecule has 0 bridgehead atoms. The predicted octanol–water partition coefficient (Wildman–Crippen LogP) is 16.7. The average molecular weight is 929 g/mol.